The molecule has 1 aromatic carbocycles. The lowest BCUT2D eigenvalue weighted by Gasteiger charge is -2.11. The minimum Gasteiger partial charge on any atom is -0.492 e. The van der Waals surface area contributed by atoms with Gasteiger partial charge in [-0.1, -0.05) is 38.5 Å². The maximum atomic E-state index is 13.3. The summed E-state index contributed by atoms with van der Waals surface area (Å²) in [5.74, 6) is 0.755. The van der Waals surface area contributed by atoms with Gasteiger partial charge in [-0.3, -0.25) is 0 Å². The number of halogens is 1. The van der Waals surface area contributed by atoms with Crippen LogP contribution in [0.4, 0.5) is 0 Å². The second-order valence-electron chi connectivity index (χ2n) is 6.84. The van der Waals surface area contributed by atoms with E-state index in [1.807, 2.05) is 27.7 Å². The molecule has 0 saturated heterocycles. The molecule has 0 aliphatic rings. The van der Waals surface area contributed by atoms with E-state index in [1.54, 1.807) is 36.7 Å². The minimum absolute atomic E-state index is 0.113. The number of pyridine rings is 1. The molecule has 2 heterocycles. The summed E-state index contributed by atoms with van der Waals surface area (Å²) in [7, 11) is -3.76. The first kappa shape index (κ1) is 19.9. The van der Waals surface area contributed by atoms with Gasteiger partial charge in [0.15, 0.2) is 5.65 Å². The van der Waals surface area contributed by atoms with Gasteiger partial charge in [0.2, 0.25) is 0 Å². The summed E-state index contributed by atoms with van der Waals surface area (Å²) in [4.78, 5) is 4.66. The maximum absolute atomic E-state index is 13.3. The van der Waals surface area contributed by atoms with Gasteiger partial charge in [-0.15, -0.1) is 0 Å². The summed E-state index contributed by atoms with van der Waals surface area (Å²) in [5.41, 5.74) is 2.28. The molecule has 0 aliphatic carbocycles. The van der Waals surface area contributed by atoms with Crippen LogP contribution in [0.1, 0.15) is 44.2 Å². The highest BCUT2D eigenvalue weighted by molar-refractivity contribution is 9.10. The molecule has 0 amide bonds. The number of ether oxygens (including phenoxy) is 1. The van der Waals surface area contributed by atoms with Crippen molar-refractivity contribution in [3.8, 4) is 5.75 Å². The average molecular weight is 451 g/mol. The Morgan fingerprint density at radius 2 is 1.89 bits per heavy atom. The van der Waals surface area contributed by atoms with E-state index in [0.717, 1.165) is 27.4 Å². The van der Waals surface area contributed by atoms with E-state index in [4.69, 9.17) is 4.74 Å². The standard InChI is InChI=1S/C20H23BrN2O3S/c1-5-10-26-19-17(21)11-22-20-18(19)16(13(2)3)12-23(20)27(24,25)15-8-6-14(4)7-9-15/h6-9,11-13H,5,10H2,1-4H3. The lowest BCUT2D eigenvalue weighted by molar-refractivity contribution is 0.319. The number of rotatable bonds is 6. The van der Waals surface area contributed by atoms with Crippen LogP contribution in [0.25, 0.3) is 11.0 Å². The van der Waals surface area contributed by atoms with E-state index < -0.39 is 10.0 Å². The Bertz CT molecular complexity index is 1070. The fourth-order valence-corrected chi connectivity index (χ4v) is 4.67. The summed E-state index contributed by atoms with van der Waals surface area (Å²) < 4.78 is 34.5. The smallest absolute Gasteiger partial charge is 0.269 e. The van der Waals surface area contributed by atoms with Gasteiger partial charge < -0.3 is 4.74 Å². The van der Waals surface area contributed by atoms with Crippen molar-refractivity contribution in [3.63, 3.8) is 0 Å². The van der Waals surface area contributed by atoms with Gasteiger partial charge in [0, 0.05) is 12.4 Å². The topological polar surface area (TPSA) is 61.2 Å². The first-order chi connectivity index (χ1) is 12.8. The molecule has 3 rings (SSSR count). The van der Waals surface area contributed by atoms with Crippen LogP contribution in [0.3, 0.4) is 0 Å². The highest BCUT2D eigenvalue weighted by Gasteiger charge is 2.26. The summed E-state index contributed by atoms with van der Waals surface area (Å²) >= 11 is 3.50. The molecular weight excluding hydrogens is 428 g/mol. The fourth-order valence-electron chi connectivity index (χ4n) is 2.93. The van der Waals surface area contributed by atoms with E-state index >= 15 is 0 Å². The van der Waals surface area contributed by atoms with Crippen LogP contribution in [-0.2, 0) is 10.0 Å². The quantitative estimate of drug-likeness (QED) is 0.513. The third-order valence-electron chi connectivity index (χ3n) is 4.37. The molecule has 0 bridgehead atoms. The Morgan fingerprint density at radius 1 is 1.22 bits per heavy atom. The third-order valence-corrected chi connectivity index (χ3v) is 6.60. The van der Waals surface area contributed by atoms with Crippen molar-refractivity contribution in [2.75, 3.05) is 6.61 Å². The van der Waals surface area contributed by atoms with Crippen LogP contribution < -0.4 is 4.74 Å². The van der Waals surface area contributed by atoms with Gasteiger partial charge in [0.05, 0.1) is 21.4 Å². The van der Waals surface area contributed by atoms with Crippen molar-refractivity contribution < 1.29 is 13.2 Å². The molecule has 0 aliphatic heterocycles. The van der Waals surface area contributed by atoms with Crippen LogP contribution in [-0.4, -0.2) is 24.0 Å². The highest BCUT2D eigenvalue weighted by atomic mass is 79.9. The van der Waals surface area contributed by atoms with Crippen LogP contribution in [0.15, 0.2) is 46.0 Å². The van der Waals surface area contributed by atoms with Crippen LogP contribution >= 0.6 is 15.9 Å². The number of fused-ring (bicyclic) bond motifs is 1. The summed E-state index contributed by atoms with van der Waals surface area (Å²) in [5, 5.41) is 0.739. The Kier molecular flexibility index (Phi) is 5.63. The zero-order chi connectivity index (χ0) is 19.8. The summed E-state index contributed by atoms with van der Waals surface area (Å²) in [6.07, 6.45) is 4.12. The van der Waals surface area contributed by atoms with E-state index in [9.17, 15) is 8.42 Å². The molecule has 5 nitrogen and oxygen atoms in total. The van der Waals surface area contributed by atoms with Crippen molar-refractivity contribution >= 4 is 37.0 Å². The summed E-state index contributed by atoms with van der Waals surface area (Å²) in [6, 6.07) is 6.83. The van der Waals surface area contributed by atoms with Crippen LogP contribution in [0.2, 0.25) is 0 Å². The molecule has 0 fully saturated rings. The number of hydrogen-bond donors (Lipinski definition) is 0. The second-order valence-corrected chi connectivity index (χ2v) is 9.50. The first-order valence-corrected chi connectivity index (χ1v) is 11.1. The van der Waals surface area contributed by atoms with Crippen molar-refractivity contribution in [2.24, 2.45) is 0 Å². The SMILES string of the molecule is CCCOc1c(Br)cnc2c1c(C(C)C)cn2S(=O)(=O)c1ccc(C)cc1. The molecule has 7 heteroatoms. The van der Waals surface area contributed by atoms with Gasteiger partial charge in [-0.25, -0.2) is 17.4 Å². The number of aryl methyl sites for hydroxylation is 1. The number of aromatic nitrogens is 2. The zero-order valence-electron chi connectivity index (χ0n) is 15.9. The summed E-state index contributed by atoms with van der Waals surface area (Å²) in [6.45, 7) is 8.56. The Balaban J connectivity index is 2.30. The van der Waals surface area contributed by atoms with E-state index in [0.29, 0.717) is 18.0 Å². The van der Waals surface area contributed by atoms with E-state index in [-0.39, 0.29) is 10.8 Å². The predicted octanol–water partition coefficient (Wildman–Crippen LogP) is 5.26. The molecule has 0 saturated carbocycles. The number of hydrogen-bond acceptors (Lipinski definition) is 4. The molecule has 3 aromatic rings. The molecule has 0 unspecified atom stereocenters. The fraction of sp³-hybridized carbons (Fsp3) is 0.350. The Labute approximate surface area is 168 Å². The van der Waals surface area contributed by atoms with E-state index in [2.05, 4.69) is 20.9 Å². The Hall–Kier alpha value is -1.86. The van der Waals surface area contributed by atoms with Gasteiger partial charge in [-0.05, 0) is 52.9 Å². The van der Waals surface area contributed by atoms with Gasteiger partial charge >= 0.3 is 0 Å². The first-order valence-electron chi connectivity index (χ1n) is 8.91. The minimum atomic E-state index is -3.76. The molecule has 0 atom stereocenters. The zero-order valence-corrected chi connectivity index (χ0v) is 18.3. The van der Waals surface area contributed by atoms with Crippen molar-refractivity contribution in [1.29, 1.82) is 0 Å². The predicted molar refractivity (Wildman–Crippen MR) is 111 cm³/mol. The van der Waals surface area contributed by atoms with Crippen molar-refractivity contribution in [2.45, 2.75) is 44.9 Å². The van der Waals surface area contributed by atoms with Gasteiger partial charge in [0.25, 0.3) is 10.0 Å². The molecule has 27 heavy (non-hydrogen) atoms. The van der Waals surface area contributed by atoms with E-state index in [1.165, 1.54) is 3.97 Å². The van der Waals surface area contributed by atoms with Gasteiger partial charge in [-0.2, -0.15) is 0 Å². The highest BCUT2D eigenvalue weighted by Crippen LogP contribution is 2.39. The molecular formula is C20H23BrN2O3S. The molecule has 0 radical (unpaired) electrons. The monoisotopic (exact) mass is 450 g/mol. The maximum Gasteiger partial charge on any atom is 0.269 e. The lowest BCUT2D eigenvalue weighted by Crippen LogP contribution is -2.12. The van der Waals surface area contributed by atoms with Crippen molar-refractivity contribution in [3.05, 3.63) is 52.3 Å². The molecule has 0 spiro atoms. The largest absolute Gasteiger partial charge is 0.492 e. The average Bonchev–Trinajstić information content (AvgIpc) is 3.02. The molecule has 0 N–H and O–H groups in total. The molecule has 2 aromatic heterocycles. The third kappa shape index (κ3) is 3.62. The number of nitrogens with zero attached hydrogens (tertiary/aromatic N) is 2. The van der Waals surface area contributed by atoms with Crippen LogP contribution in [0, 0.1) is 6.92 Å². The number of benzene rings is 1. The van der Waals surface area contributed by atoms with Gasteiger partial charge in [0.1, 0.15) is 5.75 Å². The van der Waals surface area contributed by atoms with Crippen molar-refractivity contribution in [1.82, 2.24) is 8.96 Å². The van der Waals surface area contributed by atoms with Crippen LogP contribution in [0.5, 0.6) is 5.75 Å². The molecule has 144 valence electrons. The lowest BCUT2D eigenvalue weighted by atomic mass is 10.0. The Morgan fingerprint density at radius 3 is 2.48 bits per heavy atom. The normalized spacial score (nSPS) is 12.1. The second kappa shape index (κ2) is 7.64.